The Morgan fingerprint density at radius 3 is 2.47 bits per heavy atom. The van der Waals surface area contributed by atoms with Crippen LogP contribution in [0.4, 0.5) is 17.1 Å². The van der Waals surface area contributed by atoms with E-state index in [1.807, 2.05) is 19.9 Å². The van der Waals surface area contributed by atoms with Gasteiger partial charge in [-0.3, -0.25) is 4.79 Å². The molecule has 2 aliphatic heterocycles. The number of anilines is 3. The zero-order chi connectivity index (χ0) is 12.2. The summed E-state index contributed by atoms with van der Waals surface area (Å²) in [4.78, 5) is 11.8. The van der Waals surface area contributed by atoms with E-state index in [9.17, 15) is 4.79 Å². The zero-order valence-corrected chi connectivity index (χ0v) is 10.9. The predicted molar refractivity (Wildman–Crippen MR) is 72.6 cm³/mol. The average molecular weight is 249 g/mol. The Hall–Kier alpha value is -1.36. The van der Waals surface area contributed by atoms with Crippen LogP contribution in [0.3, 0.4) is 0 Å². The minimum Gasteiger partial charge on any atom is -0.355 e. The predicted octanol–water partition coefficient (Wildman–Crippen LogP) is 2.40. The normalized spacial score (nSPS) is 23.5. The highest BCUT2D eigenvalue weighted by Crippen LogP contribution is 2.44. The monoisotopic (exact) mass is 249 g/mol. The maximum atomic E-state index is 11.8. The van der Waals surface area contributed by atoms with Crippen LogP contribution in [0.5, 0.6) is 0 Å². The van der Waals surface area contributed by atoms with Gasteiger partial charge in [-0.25, -0.2) is 0 Å². The van der Waals surface area contributed by atoms with Gasteiger partial charge in [-0.05, 0) is 37.8 Å². The van der Waals surface area contributed by atoms with Gasteiger partial charge >= 0.3 is 0 Å². The third-order valence-corrected chi connectivity index (χ3v) is 4.16. The standard InChI is InChI=1S/C12H15N3OS/c1-12(2)6-4-8-9(15-11(14-8)17-3)5-7(6)13-10(12)16/h4-5,11,14-15H,1-3H3,(H,13,16). The molecule has 0 aromatic heterocycles. The summed E-state index contributed by atoms with van der Waals surface area (Å²) in [5.74, 6) is 0.0672. The second-order valence-electron chi connectivity index (χ2n) is 4.93. The number of thioether (sulfide) groups is 1. The van der Waals surface area contributed by atoms with Gasteiger partial charge in [-0.15, -0.1) is 11.8 Å². The van der Waals surface area contributed by atoms with Crippen LogP contribution in [-0.2, 0) is 10.2 Å². The SMILES string of the molecule is CSC1Nc2cc3c(cc2N1)C(C)(C)C(=O)N3. The van der Waals surface area contributed by atoms with E-state index in [4.69, 9.17) is 0 Å². The maximum Gasteiger partial charge on any atom is 0.234 e. The van der Waals surface area contributed by atoms with Crippen LogP contribution in [-0.4, -0.2) is 17.7 Å². The van der Waals surface area contributed by atoms with Gasteiger partial charge in [0.2, 0.25) is 5.91 Å². The van der Waals surface area contributed by atoms with Gasteiger partial charge in [-0.2, -0.15) is 0 Å². The van der Waals surface area contributed by atoms with Crippen LogP contribution >= 0.6 is 11.8 Å². The van der Waals surface area contributed by atoms with E-state index in [2.05, 4.69) is 28.3 Å². The van der Waals surface area contributed by atoms with E-state index in [0.29, 0.717) is 0 Å². The fourth-order valence-corrected chi connectivity index (χ4v) is 2.79. The van der Waals surface area contributed by atoms with Crippen molar-refractivity contribution >= 4 is 34.7 Å². The van der Waals surface area contributed by atoms with Crippen LogP contribution in [0.2, 0.25) is 0 Å². The molecular weight excluding hydrogens is 234 g/mol. The molecule has 0 bridgehead atoms. The number of nitrogens with one attached hydrogen (secondary N) is 3. The van der Waals surface area contributed by atoms with E-state index in [-0.39, 0.29) is 11.4 Å². The second-order valence-corrected chi connectivity index (χ2v) is 5.87. The summed E-state index contributed by atoms with van der Waals surface area (Å²) < 4.78 is 0. The Balaban J connectivity index is 2.07. The Morgan fingerprint density at radius 2 is 1.82 bits per heavy atom. The summed E-state index contributed by atoms with van der Waals surface area (Å²) in [7, 11) is 0. The molecule has 1 unspecified atom stereocenters. The number of hydrogen-bond donors (Lipinski definition) is 3. The number of rotatable bonds is 1. The van der Waals surface area contributed by atoms with Crippen molar-refractivity contribution in [1.82, 2.24) is 0 Å². The van der Waals surface area contributed by atoms with Crippen molar-refractivity contribution in [2.75, 3.05) is 22.2 Å². The average Bonchev–Trinajstić information content (AvgIpc) is 2.77. The van der Waals surface area contributed by atoms with Crippen molar-refractivity contribution in [2.24, 2.45) is 0 Å². The van der Waals surface area contributed by atoms with Crippen molar-refractivity contribution in [1.29, 1.82) is 0 Å². The van der Waals surface area contributed by atoms with Crippen LogP contribution in [0, 0.1) is 0 Å². The largest absolute Gasteiger partial charge is 0.355 e. The molecule has 5 heteroatoms. The van der Waals surface area contributed by atoms with Gasteiger partial charge in [0, 0.05) is 5.69 Å². The molecule has 1 aromatic rings. The van der Waals surface area contributed by atoms with Gasteiger partial charge < -0.3 is 16.0 Å². The summed E-state index contributed by atoms with van der Waals surface area (Å²) in [5, 5.41) is 9.67. The third-order valence-electron chi connectivity index (χ3n) is 3.46. The van der Waals surface area contributed by atoms with Gasteiger partial charge in [0.15, 0.2) is 0 Å². The Bertz CT molecular complexity index is 513. The molecule has 0 saturated heterocycles. The Labute approximate surface area is 105 Å². The van der Waals surface area contributed by atoms with E-state index in [1.54, 1.807) is 11.8 Å². The molecule has 2 heterocycles. The third kappa shape index (κ3) is 1.42. The number of amides is 1. The summed E-state index contributed by atoms with van der Waals surface area (Å²) in [6, 6.07) is 4.09. The zero-order valence-electron chi connectivity index (χ0n) is 10.0. The Morgan fingerprint density at radius 1 is 1.18 bits per heavy atom. The van der Waals surface area contributed by atoms with Gasteiger partial charge in [0.05, 0.1) is 16.8 Å². The molecular formula is C12H15N3OS. The lowest BCUT2D eigenvalue weighted by molar-refractivity contribution is -0.119. The quantitative estimate of drug-likeness (QED) is 0.715. The van der Waals surface area contributed by atoms with E-state index in [1.165, 1.54) is 0 Å². The molecule has 0 spiro atoms. The molecule has 1 amide bonds. The van der Waals surface area contributed by atoms with Gasteiger partial charge in [0.1, 0.15) is 5.50 Å². The highest BCUT2D eigenvalue weighted by Gasteiger charge is 2.39. The van der Waals surface area contributed by atoms with Crippen molar-refractivity contribution < 1.29 is 4.79 Å². The molecule has 90 valence electrons. The maximum absolute atomic E-state index is 11.8. The fraction of sp³-hybridized carbons (Fsp3) is 0.417. The van der Waals surface area contributed by atoms with Crippen molar-refractivity contribution in [3.63, 3.8) is 0 Å². The van der Waals surface area contributed by atoms with E-state index < -0.39 is 5.41 Å². The molecule has 1 atom stereocenters. The second kappa shape index (κ2) is 3.32. The summed E-state index contributed by atoms with van der Waals surface area (Å²) in [6.45, 7) is 3.91. The highest BCUT2D eigenvalue weighted by atomic mass is 32.2. The molecule has 3 N–H and O–H groups in total. The van der Waals surface area contributed by atoms with E-state index >= 15 is 0 Å². The first-order valence-corrected chi connectivity index (χ1v) is 6.87. The molecule has 17 heavy (non-hydrogen) atoms. The molecule has 2 aliphatic rings. The fourth-order valence-electron chi connectivity index (χ4n) is 2.30. The number of carbonyl (C=O) groups is 1. The van der Waals surface area contributed by atoms with Crippen LogP contribution < -0.4 is 16.0 Å². The molecule has 0 aliphatic carbocycles. The lowest BCUT2D eigenvalue weighted by Gasteiger charge is -2.15. The summed E-state index contributed by atoms with van der Waals surface area (Å²) in [6.07, 6.45) is 2.05. The molecule has 1 aromatic carbocycles. The van der Waals surface area contributed by atoms with Crippen LogP contribution in [0.25, 0.3) is 0 Å². The molecule has 0 saturated carbocycles. The minimum atomic E-state index is -0.441. The molecule has 0 radical (unpaired) electrons. The van der Waals surface area contributed by atoms with Crippen LogP contribution in [0.1, 0.15) is 19.4 Å². The Kier molecular flexibility index (Phi) is 2.10. The first kappa shape index (κ1) is 10.8. The van der Waals surface area contributed by atoms with Crippen LogP contribution in [0.15, 0.2) is 12.1 Å². The first-order valence-electron chi connectivity index (χ1n) is 5.58. The van der Waals surface area contributed by atoms with Crippen molar-refractivity contribution in [2.45, 2.75) is 24.8 Å². The van der Waals surface area contributed by atoms with Gasteiger partial charge in [-0.1, -0.05) is 0 Å². The molecule has 0 fully saturated rings. The smallest absolute Gasteiger partial charge is 0.234 e. The number of benzene rings is 1. The minimum absolute atomic E-state index is 0.0672. The van der Waals surface area contributed by atoms with E-state index in [0.717, 1.165) is 22.6 Å². The summed E-state index contributed by atoms with van der Waals surface area (Å²) >= 11 is 1.72. The van der Waals surface area contributed by atoms with Crippen molar-refractivity contribution in [3.8, 4) is 0 Å². The van der Waals surface area contributed by atoms with Crippen molar-refractivity contribution in [3.05, 3.63) is 17.7 Å². The molecule has 4 nitrogen and oxygen atoms in total. The van der Waals surface area contributed by atoms with Gasteiger partial charge in [0.25, 0.3) is 0 Å². The lowest BCUT2D eigenvalue weighted by atomic mass is 9.86. The summed E-state index contributed by atoms with van der Waals surface area (Å²) in [5.41, 5.74) is 3.90. The molecule has 3 rings (SSSR count). The number of carbonyl (C=O) groups excluding carboxylic acids is 1. The topological polar surface area (TPSA) is 53.2 Å². The number of fused-ring (bicyclic) bond motifs is 2. The highest BCUT2D eigenvalue weighted by molar-refractivity contribution is 7.99. The lowest BCUT2D eigenvalue weighted by Crippen LogP contribution is -2.26. The first-order chi connectivity index (χ1) is 8.02. The number of hydrogen-bond acceptors (Lipinski definition) is 4.